The van der Waals surface area contributed by atoms with Crippen molar-refractivity contribution in [2.24, 2.45) is 0 Å². The van der Waals surface area contributed by atoms with Crippen LogP contribution >= 0.6 is 0 Å². The van der Waals surface area contributed by atoms with Crippen LogP contribution in [-0.4, -0.2) is 24.0 Å². The molecule has 0 aliphatic carbocycles. The number of amides is 1. The summed E-state index contributed by atoms with van der Waals surface area (Å²) in [5, 5.41) is 0.509. The average Bonchev–Trinajstić information content (AvgIpc) is 3.17. The fraction of sp³-hybridized carbons (Fsp3) is 0.290. The number of fused-ring (bicyclic) bond motifs is 2. The Kier molecular flexibility index (Phi) is 6.64. The molecule has 1 amide bonds. The lowest BCUT2D eigenvalue weighted by Gasteiger charge is -2.25. The molecule has 0 saturated heterocycles. The molecule has 5 rings (SSSR count). The molecule has 0 bridgehead atoms. The van der Waals surface area contributed by atoms with Crippen molar-refractivity contribution in [2.75, 3.05) is 13.2 Å². The van der Waals surface area contributed by atoms with Crippen LogP contribution in [0.4, 0.5) is 0 Å². The quantitative estimate of drug-likeness (QED) is 0.274. The number of rotatable bonds is 8. The van der Waals surface area contributed by atoms with Gasteiger partial charge in [0.25, 0.3) is 5.91 Å². The van der Waals surface area contributed by atoms with Gasteiger partial charge in [-0.1, -0.05) is 55.8 Å². The number of carbonyl (C=O) groups excluding carboxylic acids is 1. The van der Waals surface area contributed by atoms with Crippen LogP contribution < -0.4 is 10.2 Å². The van der Waals surface area contributed by atoms with Crippen LogP contribution in [0.25, 0.3) is 11.0 Å². The molecule has 3 aromatic carbocycles. The summed E-state index contributed by atoms with van der Waals surface area (Å²) in [6.45, 7) is 7.17. The third kappa shape index (κ3) is 4.41. The zero-order chi connectivity index (χ0) is 25.2. The van der Waals surface area contributed by atoms with Crippen molar-refractivity contribution in [2.45, 2.75) is 46.1 Å². The van der Waals surface area contributed by atoms with Crippen LogP contribution in [0.1, 0.15) is 64.2 Å². The zero-order valence-corrected chi connectivity index (χ0v) is 21.0. The van der Waals surface area contributed by atoms with Crippen LogP contribution in [0.2, 0.25) is 0 Å². The smallest absolute Gasteiger partial charge is 0.290 e. The normalized spacial score (nSPS) is 14.9. The summed E-state index contributed by atoms with van der Waals surface area (Å²) in [5.41, 5.74) is 4.73. The van der Waals surface area contributed by atoms with Gasteiger partial charge in [-0.3, -0.25) is 9.59 Å². The minimum Gasteiger partial charge on any atom is -0.494 e. The summed E-state index contributed by atoms with van der Waals surface area (Å²) in [7, 11) is 0. The molecule has 1 aliphatic heterocycles. The van der Waals surface area contributed by atoms with E-state index in [-0.39, 0.29) is 17.1 Å². The Morgan fingerprint density at radius 2 is 1.72 bits per heavy atom. The third-order valence-electron chi connectivity index (χ3n) is 7.01. The molecule has 0 spiro atoms. The van der Waals surface area contributed by atoms with Crippen molar-refractivity contribution in [3.05, 3.63) is 111 Å². The first-order valence-corrected chi connectivity index (χ1v) is 12.6. The second kappa shape index (κ2) is 10.0. The molecule has 2 heterocycles. The molecule has 5 nitrogen and oxygen atoms in total. The van der Waals surface area contributed by atoms with Gasteiger partial charge in [0.2, 0.25) is 5.76 Å². The van der Waals surface area contributed by atoms with Gasteiger partial charge >= 0.3 is 0 Å². The van der Waals surface area contributed by atoms with E-state index in [1.807, 2.05) is 80.6 Å². The molecule has 0 saturated carbocycles. The summed E-state index contributed by atoms with van der Waals surface area (Å²) in [5.74, 6) is 0.632. The van der Waals surface area contributed by atoms with Crippen molar-refractivity contribution in [3.8, 4) is 5.75 Å². The molecule has 0 N–H and O–H groups in total. The van der Waals surface area contributed by atoms with Gasteiger partial charge in [-0.05, 0) is 73.2 Å². The second-order valence-electron chi connectivity index (χ2n) is 9.52. The number of hydrogen-bond donors (Lipinski definition) is 0. The highest BCUT2D eigenvalue weighted by Crippen LogP contribution is 2.39. The lowest BCUT2D eigenvalue weighted by atomic mass is 9.97. The Bertz CT molecular complexity index is 1470. The Hall–Kier alpha value is -3.86. The summed E-state index contributed by atoms with van der Waals surface area (Å²) in [6, 6.07) is 21.0. The van der Waals surface area contributed by atoms with E-state index in [1.54, 1.807) is 4.90 Å². The van der Waals surface area contributed by atoms with Gasteiger partial charge in [0.05, 0.1) is 23.6 Å². The van der Waals surface area contributed by atoms with Crippen LogP contribution in [0, 0.1) is 13.8 Å². The highest BCUT2D eigenvalue weighted by atomic mass is 16.5. The number of nitrogens with zero attached hydrogens (tertiary/aromatic N) is 1. The van der Waals surface area contributed by atoms with E-state index in [2.05, 4.69) is 6.92 Å². The molecule has 1 aliphatic rings. The minimum absolute atomic E-state index is 0.145. The van der Waals surface area contributed by atoms with E-state index in [4.69, 9.17) is 9.15 Å². The maximum Gasteiger partial charge on any atom is 0.290 e. The van der Waals surface area contributed by atoms with Gasteiger partial charge in [0, 0.05) is 6.54 Å². The highest BCUT2D eigenvalue weighted by Gasteiger charge is 2.42. The minimum atomic E-state index is -0.534. The Morgan fingerprint density at radius 1 is 0.944 bits per heavy atom. The summed E-state index contributed by atoms with van der Waals surface area (Å²) >= 11 is 0. The fourth-order valence-corrected chi connectivity index (χ4v) is 4.86. The third-order valence-corrected chi connectivity index (χ3v) is 7.01. The Morgan fingerprint density at radius 3 is 2.50 bits per heavy atom. The van der Waals surface area contributed by atoms with Gasteiger partial charge < -0.3 is 14.1 Å². The number of carbonyl (C=O) groups is 1. The lowest BCUT2D eigenvalue weighted by Crippen LogP contribution is -2.31. The van der Waals surface area contributed by atoms with Crippen LogP contribution in [-0.2, 0) is 6.42 Å². The molecule has 36 heavy (non-hydrogen) atoms. The first-order chi connectivity index (χ1) is 17.5. The van der Waals surface area contributed by atoms with E-state index in [1.165, 1.54) is 0 Å². The van der Waals surface area contributed by atoms with Crippen molar-refractivity contribution in [1.82, 2.24) is 4.90 Å². The molecule has 1 aromatic heterocycles. The van der Waals surface area contributed by atoms with E-state index in [0.29, 0.717) is 36.1 Å². The second-order valence-corrected chi connectivity index (χ2v) is 9.52. The maximum absolute atomic E-state index is 13.9. The molecule has 5 heteroatoms. The molecule has 1 unspecified atom stereocenters. The Labute approximate surface area is 211 Å². The molecular weight excluding hydrogens is 450 g/mol. The molecule has 184 valence electrons. The number of hydrogen-bond acceptors (Lipinski definition) is 4. The monoisotopic (exact) mass is 481 g/mol. The zero-order valence-electron chi connectivity index (χ0n) is 21.0. The van der Waals surface area contributed by atoms with Crippen LogP contribution in [0.15, 0.2) is 75.9 Å². The van der Waals surface area contributed by atoms with Gasteiger partial charge in [-0.2, -0.15) is 0 Å². The highest BCUT2D eigenvalue weighted by molar-refractivity contribution is 5.99. The molecule has 1 atom stereocenters. The van der Waals surface area contributed by atoms with Gasteiger partial charge in [-0.25, -0.2) is 0 Å². The number of unbranched alkanes of at least 4 members (excludes halogenated alkanes) is 1. The van der Waals surface area contributed by atoms with Crippen molar-refractivity contribution < 1.29 is 13.9 Å². The van der Waals surface area contributed by atoms with Gasteiger partial charge in [-0.15, -0.1) is 0 Å². The van der Waals surface area contributed by atoms with Gasteiger partial charge in [0.15, 0.2) is 5.43 Å². The van der Waals surface area contributed by atoms with Gasteiger partial charge in [0.1, 0.15) is 11.3 Å². The van der Waals surface area contributed by atoms with Crippen molar-refractivity contribution in [3.63, 3.8) is 0 Å². The van der Waals surface area contributed by atoms with Crippen molar-refractivity contribution >= 4 is 16.9 Å². The Balaban J connectivity index is 1.62. The maximum atomic E-state index is 13.9. The number of benzene rings is 3. The molecule has 0 fully saturated rings. The van der Waals surface area contributed by atoms with E-state index < -0.39 is 6.04 Å². The molecule has 4 aromatic rings. The lowest BCUT2D eigenvalue weighted by molar-refractivity contribution is 0.0730. The van der Waals surface area contributed by atoms with E-state index in [0.717, 1.165) is 40.8 Å². The first-order valence-electron chi connectivity index (χ1n) is 12.6. The standard InChI is InChI=1S/C31H31NO4/c1-4-5-16-35-24-13-9-12-23(19-24)28-27-29(33)25-17-20(2)21(3)18-26(25)36-30(27)31(34)32(28)15-14-22-10-7-6-8-11-22/h6-13,17-19,28H,4-5,14-16H2,1-3H3. The molecular formula is C31H31NO4. The largest absolute Gasteiger partial charge is 0.494 e. The summed E-state index contributed by atoms with van der Waals surface area (Å²) < 4.78 is 12.1. The fourth-order valence-electron chi connectivity index (χ4n) is 4.86. The predicted octanol–water partition coefficient (Wildman–Crippen LogP) is 6.38. The van der Waals surface area contributed by atoms with E-state index in [9.17, 15) is 9.59 Å². The van der Waals surface area contributed by atoms with Crippen molar-refractivity contribution in [1.29, 1.82) is 0 Å². The van der Waals surface area contributed by atoms with Crippen LogP contribution in [0.5, 0.6) is 5.75 Å². The summed E-state index contributed by atoms with van der Waals surface area (Å²) in [4.78, 5) is 29.3. The average molecular weight is 482 g/mol. The number of aryl methyl sites for hydroxylation is 2. The topological polar surface area (TPSA) is 59.8 Å². The SMILES string of the molecule is CCCCOc1cccc(C2c3c(oc4cc(C)c(C)cc4c3=O)C(=O)N2CCc2ccccc2)c1. The first kappa shape index (κ1) is 23.9. The predicted molar refractivity (Wildman–Crippen MR) is 142 cm³/mol. The van der Waals surface area contributed by atoms with E-state index >= 15 is 0 Å². The number of ether oxygens (including phenoxy) is 1. The summed E-state index contributed by atoms with van der Waals surface area (Å²) in [6.07, 6.45) is 2.69. The molecule has 0 radical (unpaired) electrons. The van der Waals surface area contributed by atoms with Crippen LogP contribution in [0.3, 0.4) is 0 Å².